The van der Waals surface area contributed by atoms with E-state index in [9.17, 15) is 4.79 Å². The van der Waals surface area contributed by atoms with Crippen molar-refractivity contribution in [3.63, 3.8) is 0 Å². The van der Waals surface area contributed by atoms with Gasteiger partial charge in [-0.2, -0.15) is 0 Å². The Bertz CT molecular complexity index is 884. The molecule has 6 nitrogen and oxygen atoms in total. The fourth-order valence-corrected chi connectivity index (χ4v) is 2.51. The molecule has 0 aliphatic heterocycles. The normalized spacial score (nSPS) is 10.8. The van der Waals surface area contributed by atoms with Crippen LogP contribution in [0.3, 0.4) is 0 Å². The van der Waals surface area contributed by atoms with Crippen LogP contribution in [0.15, 0.2) is 52.9 Å². The summed E-state index contributed by atoms with van der Waals surface area (Å²) in [6, 6.07) is 15.8. The van der Waals surface area contributed by atoms with Gasteiger partial charge in [-0.3, -0.25) is 10.1 Å². The Labute approximate surface area is 158 Å². The second-order valence-corrected chi connectivity index (χ2v) is 6.72. The molecular weight excluding hydrogens is 342 g/mol. The van der Waals surface area contributed by atoms with E-state index in [2.05, 4.69) is 29.4 Å². The minimum Gasteiger partial charge on any atom is -0.484 e. The van der Waals surface area contributed by atoms with E-state index >= 15 is 0 Å². The van der Waals surface area contributed by atoms with Gasteiger partial charge < -0.3 is 9.15 Å². The molecule has 0 aliphatic carbocycles. The van der Waals surface area contributed by atoms with Gasteiger partial charge >= 0.3 is 6.01 Å². The lowest BCUT2D eigenvalue weighted by Crippen LogP contribution is -2.20. The van der Waals surface area contributed by atoms with Crippen LogP contribution in [0.5, 0.6) is 5.75 Å². The number of benzene rings is 2. The maximum absolute atomic E-state index is 12.0. The van der Waals surface area contributed by atoms with Crippen LogP contribution in [0.25, 0.3) is 0 Å². The highest BCUT2D eigenvalue weighted by Crippen LogP contribution is 2.18. The Morgan fingerprint density at radius 2 is 1.78 bits per heavy atom. The van der Waals surface area contributed by atoms with Gasteiger partial charge in [0, 0.05) is 0 Å². The average molecular weight is 365 g/mol. The third-order valence-corrected chi connectivity index (χ3v) is 4.11. The minimum atomic E-state index is -0.353. The number of aryl methyl sites for hydroxylation is 1. The fourth-order valence-electron chi connectivity index (χ4n) is 2.51. The summed E-state index contributed by atoms with van der Waals surface area (Å²) < 4.78 is 11.0. The predicted octanol–water partition coefficient (Wildman–Crippen LogP) is 4.11. The highest BCUT2D eigenvalue weighted by atomic mass is 16.5. The van der Waals surface area contributed by atoms with E-state index in [0.717, 1.165) is 5.56 Å². The van der Waals surface area contributed by atoms with Crippen molar-refractivity contribution in [2.75, 3.05) is 11.9 Å². The van der Waals surface area contributed by atoms with E-state index in [1.807, 2.05) is 55.5 Å². The molecule has 0 saturated heterocycles. The third kappa shape index (κ3) is 5.41. The van der Waals surface area contributed by atoms with Gasteiger partial charge in [-0.15, -0.1) is 5.10 Å². The zero-order valence-corrected chi connectivity index (χ0v) is 15.7. The molecule has 3 aromatic rings. The summed E-state index contributed by atoms with van der Waals surface area (Å²) in [5.41, 5.74) is 3.48. The summed E-state index contributed by atoms with van der Waals surface area (Å²) in [4.78, 5) is 12.0. The Hall–Kier alpha value is -3.15. The zero-order valence-electron chi connectivity index (χ0n) is 15.7. The van der Waals surface area contributed by atoms with E-state index in [1.54, 1.807) is 0 Å². The van der Waals surface area contributed by atoms with Gasteiger partial charge in [0.1, 0.15) is 5.75 Å². The Morgan fingerprint density at radius 1 is 1.07 bits per heavy atom. The van der Waals surface area contributed by atoms with Crippen molar-refractivity contribution in [1.29, 1.82) is 0 Å². The summed E-state index contributed by atoms with van der Waals surface area (Å²) in [6.45, 7) is 6.16. The quantitative estimate of drug-likeness (QED) is 0.682. The molecule has 1 heterocycles. The molecular formula is C21H23N3O3. The molecule has 0 radical (unpaired) electrons. The van der Waals surface area contributed by atoms with Crippen LogP contribution >= 0.6 is 0 Å². The molecule has 2 aromatic carbocycles. The van der Waals surface area contributed by atoms with Crippen LogP contribution in [-0.4, -0.2) is 22.7 Å². The third-order valence-electron chi connectivity index (χ3n) is 4.11. The smallest absolute Gasteiger partial charge is 0.322 e. The molecule has 0 fully saturated rings. The van der Waals surface area contributed by atoms with E-state index < -0.39 is 0 Å². The van der Waals surface area contributed by atoms with Crippen LogP contribution in [0, 0.1) is 6.92 Å². The first-order valence-corrected chi connectivity index (χ1v) is 8.90. The number of anilines is 1. The molecule has 0 aliphatic rings. The van der Waals surface area contributed by atoms with Crippen LogP contribution in [-0.2, 0) is 11.2 Å². The summed E-state index contributed by atoms with van der Waals surface area (Å²) in [7, 11) is 0. The van der Waals surface area contributed by atoms with Crippen LogP contribution in [0.4, 0.5) is 6.01 Å². The van der Waals surface area contributed by atoms with Crippen molar-refractivity contribution in [3.05, 3.63) is 71.1 Å². The number of hydrogen-bond donors (Lipinski definition) is 1. The first-order chi connectivity index (χ1) is 13.0. The molecule has 1 N–H and O–H groups in total. The number of hydrogen-bond acceptors (Lipinski definition) is 5. The van der Waals surface area contributed by atoms with Gasteiger partial charge in [0.25, 0.3) is 5.91 Å². The van der Waals surface area contributed by atoms with Crippen LogP contribution in [0.2, 0.25) is 0 Å². The van der Waals surface area contributed by atoms with Gasteiger partial charge in [-0.25, -0.2) is 0 Å². The van der Waals surface area contributed by atoms with Crippen molar-refractivity contribution in [2.45, 2.75) is 33.1 Å². The van der Waals surface area contributed by atoms with Gasteiger partial charge in [0.2, 0.25) is 5.89 Å². The molecule has 1 amide bonds. The molecule has 0 spiro atoms. The molecule has 6 heteroatoms. The highest BCUT2D eigenvalue weighted by molar-refractivity contribution is 5.89. The number of nitrogens with one attached hydrogen (secondary N) is 1. The molecule has 0 bridgehead atoms. The van der Waals surface area contributed by atoms with E-state index in [0.29, 0.717) is 24.0 Å². The largest absolute Gasteiger partial charge is 0.484 e. The van der Waals surface area contributed by atoms with Gasteiger partial charge in [0.15, 0.2) is 6.61 Å². The summed E-state index contributed by atoms with van der Waals surface area (Å²) >= 11 is 0. The highest BCUT2D eigenvalue weighted by Gasteiger charge is 2.11. The zero-order chi connectivity index (χ0) is 19.2. The molecule has 27 heavy (non-hydrogen) atoms. The average Bonchev–Trinajstić information content (AvgIpc) is 3.09. The number of aromatic nitrogens is 2. The monoisotopic (exact) mass is 365 g/mol. The molecule has 0 saturated carbocycles. The standard InChI is InChI=1S/C21H23N3O3/c1-14(2)17-8-10-18(11-9-17)26-13-19(25)22-21-24-23-20(27-21)12-16-6-4-15(3)5-7-16/h4-11,14H,12-13H2,1-3H3,(H,22,24,25). The number of amides is 1. The summed E-state index contributed by atoms with van der Waals surface area (Å²) in [6.07, 6.45) is 0.516. The molecule has 140 valence electrons. The predicted molar refractivity (Wildman–Crippen MR) is 103 cm³/mol. The molecule has 0 atom stereocenters. The Morgan fingerprint density at radius 3 is 2.44 bits per heavy atom. The van der Waals surface area contributed by atoms with Crippen molar-refractivity contribution in [3.8, 4) is 5.75 Å². The first-order valence-electron chi connectivity index (χ1n) is 8.90. The Balaban J connectivity index is 1.49. The summed E-state index contributed by atoms with van der Waals surface area (Å²) in [5, 5.41) is 10.4. The first kappa shape index (κ1) is 18.6. The maximum Gasteiger partial charge on any atom is 0.322 e. The second-order valence-electron chi connectivity index (χ2n) is 6.72. The Kier molecular flexibility index (Phi) is 5.86. The molecule has 1 aromatic heterocycles. The summed E-state index contributed by atoms with van der Waals surface area (Å²) in [5.74, 6) is 1.18. The number of rotatable bonds is 7. The fraction of sp³-hybridized carbons (Fsp3) is 0.286. The van der Waals surface area contributed by atoms with Crippen LogP contribution in [0.1, 0.15) is 42.3 Å². The van der Waals surface area contributed by atoms with Crippen molar-refractivity contribution in [1.82, 2.24) is 10.2 Å². The second kappa shape index (κ2) is 8.49. The number of carbonyl (C=O) groups excluding carboxylic acids is 1. The lowest BCUT2D eigenvalue weighted by Gasteiger charge is -2.08. The van der Waals surface area contributed by atoms with Gasteiger partial charge in [0.05, 0.1) is 6.42 Å². The lowest BCUT2D eigenvalue weighted by atomic mass is 10.0. The number of nitrogens with zero attached hydrogens (tertiary/aromatic N) is 2. The maximum atomic E-state index is 12.0. The van der Waals surface area contributed by atoms with E-state index in [4.69, 9.17) is 9.15 Å². The van der Waals surface area contributed by atoms with Gasteiger partial charge in [-0.05, 0) is 36.1 Å². The minimum absolute atomic E-state index is 0.0702. The van der Waals surface area contributed by atoms with Crippen LogP contribution < -0.4 is 10.1 Å². The number of carbonyl (C=O) groups is 1. The SMILES string of the molecule is Cc1ccc(Cc2nnc(NC(=O)COc3ccc(C(C)C)cc3)o2)cc1. The topological polar surface area (TPSA) is 77.2 Å². The van der Waals surface area contributed by atoms with Crippen molar-refractivity contribution >= 4 is 11.9 Å². The van der Waals surface area contributed by atoms with Crippen molar-refractivity contribution < 1.29 is 13.9 Å². The lowest BCUT2D eigenvalue weighted by molar-refractivity contribution is -0.118. The van der Waals surface area contributed by atoms with E-state index in [1.165, 1.54) is 11.1 Å². The van der Waals surface area contributed by atoms with E-state index in [-0.39, 0.29) is 18.5 Å². The van der Waals surface area contributed by atoms with Gasteiger partial charge in [-0.1, -0.05) is 60.9 Å². The van der Waals surface area contributed by atoms with Crippen molar-refractivity contribution in [2.24, 2.45) is 0 Å². The number of ether oxygens (including phenoxy) is 1. The molecule has 3 rings (SSSR count). The molecule has 0 unspecified atom stereocenters.